The lowest BCUT2D eigenvalue weighted by atomic mass is 10.0. The van der Waals surface area contributed by atoms with E-state index in [0.29, 0.717) is 20.8 Å². The molecule has 0 aliphatic rings. The van der Waals surface area contributed by atoms with E-state index in [2.05, 4.69) is 0 Å². The van der Waals surface area contributed by atoms with Crippen molar-refractivity contribution in [2.75, 3.05) is 7.11 Å². The average molecular weight is 336 g/mol. The molecule has 0 fully saturated rings. The zero-order valence-electron chi connectivity index (χ0n) is 9.96. The molecule has 1 nitrogen and oxygen atoms in total. The molecule has 0 radical (unpaired) electrons. The van der Waals surface area contributed by atoms with Gasteiger partial charge in [-0.3, -0.25) is 0 Å². The third kappa shape index (κ3) is 3.49. The number of hydrogen-bond donors (Lipinski definition) is 0. The van der Waals surface area contributed by atoms with Gasteiger partial charge in [0.05, 0.1) is 17.5 Å². The Bertz CT molecular complexity index is 578. The number of rotatable bonds is 3. The van der Waals surface area contributed by atoms with E-state index in [1.54, 1.807) is 37.4 Å². The predicted octanol–water partition coefficient (Wildman–Crippen LogP) is 5.98. The van der Waals surface area contributed by atoms with Gasteiger partial charge in [-0.2, -0.15) is 0 Å². The third-order valence-corrected chi connectivity index (χ3v) is 3.88. The molecule has 0 aromatic heterocycles. The van der Waals surface area contributed by atoms with Crippen LogP contribution >= 0.6 is 46.4 Å². The summed E-state index contributed by atoms with van der Waals surface area (Å²) in [7, 11) is 1.57. The largest absolute Gasteiger partial charge is 0.495 e. The SMILES string of the molecule is COc1ccc(C(Cl)c2cc(Cl)cc(Cl)c2)cc1Cl. The summed E-state index contributed by atoms with van der Waals surface area (Å²) in [6, 6.07) is 10.6. The van der Waals surface area contributed by atoms with Crippen molar-refractivity contribution < 1.29 is 4.74 Å². The van der Waals surface area contributed by atoms with Crippen molar-refractivity contribution in [3.05, 3.63) is 62.6 Å². The highest BCUT2D eigenvalue weighted by Gasteiger charge is 2.14. The van der Waals surface area contributed by atoms with E-state index < -0.39 is 0 Å². The first-order valence-electron chi connectivity index (χ1n) is 5.44. The van der Waals surface area contributed by atoms with Crippen molar-refractivity contribution in [3.63, 3.8) is 0 Å². The number of hydrogen-bond acceptors (Lipinski definition) is 1. The van der Waals surface area contributed by atoms with Crippen LogP contribution in [-0.2, 0) is 0 Å². The van der Waals surface area contributed by atoms with E-state index >= 15 is 0 Å². The van der Waals surface area contributed by atoms with Crippen molar-refractivity contribution in [1.29, 1.82) is 0 Å². The minimum absolute atomic E-state index is 0.375. The summed E-state index contributed by atoms with van der Waals surface area (Å²) >= 11 is 24.5. The fourth-order valence-corrected chi connectivity index (χ4v) is 2.82. The van der Waals surface area contributed by atoms with Gasteiger partial charge in [-0.05, 0) is 41.5 Å². The smallest absolute Gasteiger partial charge is 0.137 e. The van der Waals surface area contributed by atoms with Crippen LogP contribution < -0.4 is 4.74 Å². The summed E-state index contributed by atoms with van der Waals surface area (Å²) < 4.78 is 5.11. The molecule has 2 aromatic carbocycles. The monoisotopic (exact) mass is 334 g/mol. The molecule has 1 atom stereocenters. The highest BCUT2D eigenvalue weighted by atomic mass is 35.5. The molecule has 0 saturated heterocycles. The molecule has 0 N–H and O–H groups in total. The zero-order valence-corrected chi connectivity index (χ0v) is 13.0. The number of ether oxygens (including phenoxy) is 1. The van der Waals surface area contributed by atoms with Crippen LogP contribution in [0.3, 0.4) is 0 Å². The minimum Gasteiger partial charge on any atom is -0.495 e. The van der Waals surface area contributed by atoms with Crippen LogP contribution in [0, 0.1) is 0 Å². The van der Waals surface area contributed by atoms with Crippen LogP contribution in [0.2, 0.25) is 15.1 Å². The Hall–Kier alpha value is -0.600. The maximum Gasteiger partial charge on any atom is 0.137 e. The Balaban J connectivity index is 2.38. The Morgan fingerprint density at radius 3 is 2.05 bits per heavy atom. The van der Waals surface area contributed by atoms with E-state index in [9.17, 15) is 0 Å². The van der Waals surface area contributed by atoms with Gasteiger partial charge in [-0.15, -0.1) is 11.6 Å². The quantitative estimate of drug-likeness (QED) is 0.626. The van der Waals surface area contributed by atoms with Crippen molar-refractivity contribution >= 4 is 46.4 Å². The lowest BCUT2D eigenvalue weighted by Crippen LogP contribution is -1.94. The first-order valence-corrected chi connectivity index (χ1v) is 7.02. The van der Waals surface area contributed by atoms with E-state index in [1.807, 2.05) is 6.07 Å². The third-order valence-electron chi connectivity index (χ3n) is 2.65. The Kier molecular flexibility index (Phi) is 4.86. The molecule has 0 spiro atoms. The van der Waals surface area contributed by atoms with Gasteiger partial charge >= 0.3 is 0 Å². The molecule has 19 heavy (non-hydrogen) atoms. The van der Waals surface area contributed by atoms with Crippen molar-refractivity contribution in [2.24, 2.45) is 0 Å². The lowest BCUT2D eigenvalue weighted by Gasteiger charge is -2.13. The highest BCUT2D eigenvalue weighted by molar-refractivity contribution is 6.35. The molecule has 0 bridgehead atoms. The number of methoxy groups -OCH3 is 1. The average Bonchev–Trinajstić information content (AvgIpc) is 2.36. The standard InChI is InChI=1S/C14H10Cl4O/c1-19-13-3-2-8(6-12(13)17)14(18)9-4-10(15)7-11(16)5-9/h2-7,14H,1H3. The van der Waals surface area contributed by atoms with Crippen LogP contribution in [0.4, 0.5) is 0 Å². The van der Waals surface area contributed by atoms with Crippen LogP contribution in [0.1, 0.15) is 16.5 Å². The normalized spacial score (nSPS) is 12.3. The van der Waals surface area contributed by atoms with E-state index in [4.69, 9.17) is 51.1 Å². The zero-order chi connectivity index (χ0) is 14.0. The maximum atomic E-state index is 6.43. The molecular formula is C14H10Cl4O. The highest BCUT2D eigenvalue weighted by Crippen LogP contribution is 2.35. The first kappa shape index (κ1) is 14.8. The predicted molar refractivity (Wildman–Crippen MR) is 82.2 cm³/mol. The maximum absolute atomic E-state index is 6.43. The fourth-order valence-electron chi connectivity index (χ4n) is 1.75. The van der Waals surface area contributed by atoms with Crippen molar-refractivity contribution in [1.82, 2.24) is 0 Å². The summed E-state index contributed by atoms with van der Waals surface area (Å²) in [4.78, 5) is 0. The van der Waals surface area contributed by atoms with Gasteiger partial charge in [0.2, 0.25) is 0 Å². The summed E-state index contributed by atoms with van der Waals surface area (Å²) in [5.74, 6) is 0.610. The second-order valence-electron chi connectivity index (χ2n) is 3.96. The molecular weight excluding hydrogens is 326 g/mol. The van der Waals surface area contributed by atoms with Gasteiger partial charge in [0, 0.05) is 10.0 Å². The number of halogens is 4. The van der Waals surface area contributed by atoms with E-state index in [0.717, 1.165) is 11.1 Å². The van der Waals surface area contributed by atoms with Crippen LogP contribution in [0.25, 0.3) is 0 Å². The topological polar surface area (TPSA) is 9.23 Å². The van der Waals surface area contributed by atoms with E-state index in [-0.39, 0.29) is 5.38 Å². The molecule has 0 aliphatic heterocycles. The summed E-state index contributed by atoms with van der Waals surface area (Å²) in [5.41, 5.74) is 1.67. The van der Waals surface area contributed by atoms with Gasteiger partial charge in [-0.1, -0.05) is 40.9 Å². The number of benzene rings is 2. The molecule has 0 aliphatic carbocycles. The lowest BCUT2D eigenvalue weighted by molar-refractivity contribution is 0.415. The summed E-state index contributed by atoms with van der Waals surface area (Å²) in [6.07, 6.45) is 0. The van der Waals surface area contributed by atoms with Gasteiger partial charge in [0.15, 0.2) is 0 Å². The van der Waals surface area contributed by atoms with Crippen LogP contribution in [0.15, 0.2) is 36.4 Å². The molecule has 2 aromatic rings. The van der Waals surface area contributed by atoms with E-state index in [1.165, 1.54) is 0 Å². The molecule has 1 unspecified atom stereocenters. The number of alkyl halides is 1. The molecule has 2 rings (SSSR count). The molecule has 5 heteroatoms. The molecule has 0 amide bonds. The van der Waals surface area contributed by atoms with Gasteiger partial charge in [-0.25, -0.2) is 0 Å². The fraction of sp³-hybridized carbons (Fsp3) is 0.143. The molecule has 0 saturated carbocycles. The second-order valence-corrected chi connectivity index (χ2v) is 5.68. The Morgan fingerprint density at radius 2 is 1.53 bits per heavy atom. The second kappa shape index (κ2) is 6.23. The molecule has 0 heterocycles. The van der Waals surface area contributed by atoms with Gasteiger partial charge < -0.3 is 4.74 Å². The van der Waals surface area contributed by atoms with Crippen LogP contribution in [0.5, 0.6) is 5.75 Å². The Morgan fingerprint density at radius 1 is 0.895 bits per heavy atom. The van der Waals surface area contributed by atoms with Crippen molar-refractivity contribution in [2.45, 2.75) is 5.38 Å². The van der Waals surface area contributed by atoms with Gasteiger partial charge in [0.25, 0.3) is 0 Å². The van der Waals surface area contributed by atoms with Crippen LogP contribution in [-0.4, -0.2) is 7.11 Å². The van der Waals surface area contributed by atoms with Crippen molar-refractivity contribution in [3.8, 4) is 5.75 Å². The molecule has 100 valence electrons. The Labute approximate surface area is 132 Å². The first-order chi connectivity index (χ1) is 9.01. The summed E-state index contributed by atoms with van der Waals surface area (Å²) in [5, 5.41) is 1.24. The minimum atomic E-state index is -0.375. The summed E-state index contributed by atoms with van der Waals surface area (Å²) in [6.45, 7) is 0. The van der Waals surface area contributed by atoms with Gasteiger partial charge in [0.1, 0.15) is 5.75 Å².